The Bertz CT molecular complexity index is 589. The third kappa shape index (κ3) is 2.34. The molecule has 1 aliphatic carbocycles. The molecule has 1 heterocycles. The second kappa shape index (κ2) is 4.46. The van der Waals surface area contributed by atoms with Crippen LogP contribution in [0.4, 0.5) is 0 Å². The van der Waals surface area contributed by atoms with Crippen LogP contribution in [-0.4, -0.2) is 15.9 Å². The minimum Gasteiger partial charge on any atom is -0.341 e. The van der Waals surface area contributed by atoms with Crippen LogP contribution >= 0.6 is 0 Å². The molecule has 0 aliphatic heterocycles. The summed E-state index contributed by atoms with van der Waals surface area (Å²) >= 11 is 0. The number of carbonyl (C=O) groups excluding carboxylic acids is 1. The molecule has 2 aromatic rings. The number of amides is 1. The highest BCUT2D eigenvalue weighted by molar-refractivity contribution is 5.95. The summed E-state index contributed by atoms with van der Waals surface area (Å²) < 4.78 is 0. The van der Waals surface area contributed by atoms with E-state index in [0.717, 1.165) is 24.1 Å². The van der Waals surface area contributed by atoms with Gasteiger partial charge in [0.25, 0.3) is 5.91 Å². The first-order valence-corrected chi connectivity index (χ1v) is 6.35. The molecule has 1 aromatic carbocycles. The van der Waals surface area contributed by atoms with Crippen molar-refractivity contribution in [3.8, 4) is 0 Å². The Labute approximate surface area is 111 Å². The number of rotatable bonds is 3. The Hall–Kier alpha value is -2.23. The first-order valence-electron chi connectivity index (χ1n) is 6.35. The van der Waals surface area contributed by atoms with E-state index in [1.165, 1.54) is 0 Å². The molecule has 0 spiro atoms. The number of hydrogen-bond acceptors (Lipinski definition) is 3. The molecule has 1 fully saturated rings. The van der Waals surface area contributed by atoms with E-state index in [2.05, 4.69) is 15.3 Å². The van der Waals surface area contributed by atoms with Crippen LogP contribution in [0.5, 0.6) is 0 Å². The zero-order valence-electron chi connectivity index (χ0n) is 10.8. The number of aromatic nitrogens is 2. The van der Waals surface area contributed by atoms with Gasteiger partial charge in [-0.3, -0.25) is 14.8 Å². The van der Waals surface area contributed by atoms with Crippen molar-refractivity contribution in [3.63, 3.8) is 0 Å². The Morgan fingerprint density at radius 2 is 1.95 bits per heavy atom. The second-order valence-electron chi connectivity index (χ2n) is 4.99. The van der Waals surface area contributed by atoms with Crippen molar-refractivity contribution in [2.45, 2.75) is 25.3 Å². The molecule has 1 N–H and O–H groups in total. The van der Waals surface area contributed by atoms with Crippen molar-refractivity contribution >= 4 is 5.91 Å². The Morgan fingerprint density at radius 3 is 2.53 bits per heavy atom. The maximum absolute atomic E-state index is 12.2. The molecular formula is C15H15N3O. The minimum atomic E-state index is -0.309. The number of carbonyl (C=O) groups is 1. The van der Waals surface area contributed by atoms with Crippen molar-refractivity contribution in [1.29, 1.82) is 0 Å². The van der Waals surface area contributed by atoms with Gasteiger partial charge in [-0.2, -0.15) is 0 Å². The summed E-state index contributed by atoms with van der Waals surface area (Å²) in [5.74, 6) is -0.0526. The van der Waals surface area contributed by atoms with Gasteiger partial charge in [-0.05, 0) is 31.9 Å². The minimum absolute atomic E-state index is 0.0526. The highest BCUT2D eigenvalue weighted by Crippen LogP contribution is 2.44. The summed E-state index contributed by atoms with van der Waals surface area (Å²) in [4.78, 5) is 20.6. The van der Waals surface area contributed by atoms with Gasteiger partial charge in [0, 0.05) is 18.0 Å². The fourth-order valence-electron chi connectivity index (χ4n) is 2.11. The largest absolute Gasteiger partial charge is 0.341 e. The van der Waals surface area contributed by atoms with E-state index >= 15 is 0 Å². The summed E-state index contributed by atoms with van der Waals surface area (Å²) in [6, 6.07) is 7.57. The van der Waals surface area contributed by atoms with E-state index in [9.17, 15) is 4.79 Å². The summed E-state index contributed by atoms with van der Waals surface area (Å²) in [7, 11) is 0. The predicted molar refractivity (Wildman–Crippen MR) is 71.6 cm³/mol. The van der Waals surface area contributed by atoms with E-state index in [0.29, 0.717) is 5.56 Å². The van der Waals surface area contributed by atoms with E-state index in [-0.39, 0.29) is 11.4 Å². The van der Waals surface area contributed by atoms with Gasteiger partial charge in [-0.15, -0.1) is 0 Å². The molecule has 0 saturated heterocycles. The highest BCUT2D eigenvalue weighted by Gasteiger charge is 2.47. The Balaban J connectivity index is 1.78. The fourth-order valence-corrected chi connectivity index (χ4v) is 2.11. The zero-order chi connectivity index (χ0) is 13.3. The molecule has 4 nitrogen and oxygen atoms in total. The molecule has 1 saturated carbocycles. The monoisotopic (exact) mass is 253 g/mol. The molecule has 4 heteroatoms. The average molecular weight is 253 g/mol. The van der Waals surface area contributed by atoms with Gasteiger partial charge in [0.05, 0.1) is 17.4 Å². The number of nitrogens with zero attached hydrogens (tertiary/aromatic N) is 2. The Morgan fingerprint density at radius 1 is 1.21 bits per heavy atom. The van der Waals surface area contributed by atoms with Crippen LogP contribution < -0.4 is 5.32 Å². The molecular weight excluding hydrogens is 238 g/mol. The van der Waals surface area contributed by atoms with Crippen LogP contribution in [0, 0.1) is 6.92 Å². The van der Waals surface area contributed by atoms with Gasteiger partial charge >= 0.3 is 0 Å². The zero-order valence-corrected chi connectivity index (χ0v) is 10.8. The van der Waals surface area contributed by atoms with Crippen molar-refractivity contribution in [2.75, 3.05) is 0 Å². The maximum atomic E-state index is 12.2. The van der Waals surface area contributed by atoms with Crippen LogP contribution in [0.2, 0.25) is 0 Å². The third-order valence-electron chi connectivity index (χ3n) is 3.47. The number of nitrogens with one attached hydrogen (secondary N) is 1. The van der Waals surface area contributed by atoms with Crippen molar-refractivity contribution in [1.82, 2.24) is 15.3 Å². The lowest BCUT2D eigenvalue weighted by atomic mass is 10.1. The lowest BCUT2D eigenvalue weighted by molar-refractivity contribution is 0.0929. The SMILES string of the molecule is Cc1ccc(C(=O)NC2(c3cnccn3)CC2)cc1. The summed E-state index contributed by atoms with van der Waals surface area (Å²) in [6.45, 7) is 2.00. The molecule has 0 atom stereocenters. The molecule has 3 rings (SSSR count). The van der Waals surface area contributed by atoms with Crippen LogP contribution in [0.15, 0.2) is 42.9 Å². The summed E-state index contributed by atoms with van der Waals surface area (Å²) in [5, 5.41) is 3.08. The van der Waals surface area contributed by atoms with Gasteiger partial charge in [0.2, 0.25) is 0 Å². The highest BCUT2D eigenvalue weighted by atomic mass is 16.1. The van der Waals surface area contributed by atoms with Gasteiger partial charge in [0.1, 0.15) is 0 Å². The number of hydrogen-bond donors (Lipinski definition) is 1. The summed E-state index contributed by atoms with van der Waals surface area (Å²) in [5.41, 5.74) is 2.36. The molecule has 0 unspecified atom stereocenters. The summed E-state index contributed by atoms with van der Waals surface area (Å²) in [6.07, 6.45) is 6.86. The second-order valence-corrected chi connectivity index (χ2v) is 4.99. The van der Waals surface area contributed by atoms with Gasteiger partial charge < -0.3 is 5.32 Å². The molecule has 0 bridgehead atoms. The van der Waals surface area contributed by atoms with E-state index < -0.39 is 0 Å². The first-order chi connectivity index (χ1) is 9.20. The Kier molecular flexibility index (Phi) is 2.78. The smallest absolute Gasteiger partial charge is 0.252 e. The molecule has 19 heavy (non-hydrogen) atoms. The van der Waals surface area contributed by atoms with Crippen molar-refractivity contribution in [3.05, 3.63) is 59.7 Å². The topological polar surface area (TPSA) is 54.9 Å². The van der Waals surface area contributed by atoms with E-state index in [1.54, 1.807) is 18.6 Å². The van der Waals surface area contributed by atoms with Gasteiger partial charge in [0.15, 0.2) is 0 Å². The van der Waals surface area contributed by atoms with E-state index in [1.807, 2.05) is 31.2 Å². The van der Waals surface area contributed by atoms with Crippen LogP contribution in [0.25, 0.3) is 0 Å². The quantitative estimate of drug-likeness (QED) is 0.912. The molecule has 1 amide bonds. The maximum Gasteiger partial charge on any atom is 0.252 e. The van der Waals surface area contributed by atoms with Crippen LogP contribution in [0.1, 0.15) is 34.5 Å². The third-order valence-corrected chi connectivity index (χ3v) is 3.47. The standard InChI is InChI=1S/C15H15N3O/c1-11-2-4-12(5-3-11)14(19)18-15(6-7-15)13-10-16-8-9-17-13/h2-5,8-10H,6-7H2,1H3,(H,18,19). The molecule has 0 radical (unpaired) electrons. The number of aryl methyl sites for hydroxylation is 1. The lowest BCUT2D eigenvalue weighted by Crippen LogP contribution is -2.35. The van der Waals surface area contributed by atoms with Crippen molar-refractivity contribution < 1.29 is 4.79 Å². The molecule has 96 valence electrons. The van der Waals surface area contributed by atoms with Crippen LogP contribution in [0.3, 0.4) is 0 Å². The fraction of sp³-hybridized carbons (Fsp3) is 0.267. The van der Waals surface area contributed by atoms with Crippen LogP contribution in [-0.2, 0) is 5.54 Å². The van der Waals surface area contributed by atoms with Gasteiger partial charge in [-0.1, -0.05) is 17.7 Å². The van der Waals surface area contributed by atoms with Crippen molar-refractivity contribution in [2.24, 2.45) is 0 Å². The van der Waals surface area contributed by atoms with Gasteiger partial charge in [-0.25, -0.2) is 0 Å². The lowest BCUT2D eigenvalue weighted by Gasteiger charge is -2.16. The predicted octanol–water partition coefficient (Wildman–Crippen LogP) is 2.20. The number of benzene rings is 1. The average Bonchev–Trinajstić information content (AvgIpc) is 3.21. The molecule has 1 aromatic heterocycles. The normalized spacial score (nSPS) is 15.8. The van der Waals surface area contributed by atoms with E-state index in [4.69, 9.17) is 0 Å². The first kappa shape index (κ1) is 11.8. The molecule has 1 aliphatic rings.